The van der Waals surface area contributed by atoms with E-state index in [9.17, 15) is 18.0 Å². The number of benzene rings is 2. The van der Waals surface area contributed by atoms with Crippen molar-refractivity contribution in [2.45, 2.75) is 13.1 Å². The lowest BCUT2D eigenvalue weighted by atomic mass is 10.1. The van der Waals surface area contributed by atoms with Crippen molar-refractivity contribution in [3.63, 3.8) is 0 Å². The van der Waals surface area contributed by atoms with Gasteiger partial charge in [-0.3, -0.25) is 4.79 Å². The van der Waals surface area contributed by atoms with Crippen LogP contribution in [0.2, 0.25) is 5.02 Å². The first-order valence-electron chi connectivity index (χ1n) is 8.83. The molecule has 1 N–H and O–H groups in total. The third-order valence-corrected chi connectivity index (χ3v) is 4.68. The number of carbonyl (C=O) groups excluding carboxylic acids is 1. The van der Waals surface area contributed by atoms with Crippen LogP contribution in [0.15, 0.2) is 60.7 Å². The minimum absolute atomic E-state index is 0.0263. The number of aryl methyl sites for hydroxylation is 1. The van der Waals surface area contributed by atoms with E-state index in [-0.39, 0.29) is 11.4 Å². The molecule has 9 heteroatoms. The van der Waals surface area contributed by atoms with Gasteiger partial charge >= 0.3 is 6.18 Å². The summed E-state index contributed by atoms with van der Waals surface area (Å²) in [7, 11) is 0. The summed E-state index contributed by atoms with van der Waals surface area (Å²) < 4.78 is 40.1. The highest BCUT2D eigenvalue weighted by molar-refractivity contribution is 6.30. The molecule has 0 saturated heterocycles. The van der Waals surface area contributed by atoms with Gasteiger partial charge in [0.15, 0.2) is 11.3 Å². The number of aromatic nitrogens is 3. The van der Waals surface area contributed by atoms with Crippen molar-refractivity contribution in [3.8, 4) is 11.3 Å². The van der Waals surface area contributed by atoms with Gasteiger partial charge in [-0.25, -0.2) is 9.50 Å². The fourth-order valence-electron chi connectivity index (χ4n) is 2.97. The number of anilines is 1. The van der Waals surface area contributed by atoms with Gasteiger partial charge in [-0.05, 0) is 43.3 Å². The summed E-state index contributed by atoms with van der Waals surface area (Å²) in [6.45, 7) is 1.82. The second kappa shape index (κ2) is 7.46. The Labute approximate surface area is 174 Å². The zero-order valence-electron chi connectivity index (χ0n) is 15.5. The molecule has 5 nitrogen and oxygen atoms in total. The van der Waals surface area contributed by atoms with Crippen molar-refractivity contribution in [2.24, 2.45) is 0 Å². The number of hydrogen-bond donors (Lipinski definition) is 1. The minimum atomic E-state index is -4.50. The standard InChI is InChI=1S/C21H14ClF3N4O/c1-12-9-17(13-5-7-15(22)8-6-13)27-19-11-18(28-29(12)19)20(30)26-16-4-2-3-14(10-16)21(23,24)25/h2-11H,1H3,(H,26,30). The maximum Gasteiger partial charge on any atom is 0.416 e. The van der Waals surface area contributed by atoms with Crippen molar-refractivity contribution in [1.82, 2.24) is 14.6 Å². The van der Waals surface area contributed by atoms with Crippen LogP contribution in [-0.2, 0) is 6.18 Å². The summed E-state index contributed by atoms with van der Waals surface area (Å²) in [5, 5.41) is 7.28. The van der Waals surface area contributed by atoms with Crippen molar-refractivity contribution in [1.29, 1.82) is 0 Å². The number of fused-ring (bicyclic) bond motifs is 1. The molecule has 2 aromatic carbocycles. The van der Waals surface area contributed by atoms with Crippen molar-refractivity contribution >= 4 is 28.8 Å². The second-order valence-corrected chi connectivity index (χ2v) is 7.06. The molecule has 0 aliphatic heterocycles. The van der Waals surface area contributed by atoms with Crippen LogP contribution in [0.1, 0.15) is 21.7 Å². The molecule has 0 spiro atoms. The molecule has 0 bridgehead atoms. The van der Waals surface area contributed by atoms with E-state index in [2.05, 4.69) is 15.4 Å². The first-order valence-corrected chi connectivity index (χ1v) is 9.20. The number of nitrogens with zero attached hydrogens (tertiary/aromatic N) is 3. The molecular formula is C21H14ClF3N4O. The Balaban J connectivity index is 1.64. The van der Waals surface area contributed by atoms with Gasteiger partial charge in [0, 0.05) is 28.0 Å². The fraction of sp³-hybridized carbons (Fsp3) is 0.0952. The van der Waals surface area contributed by atoms with Crippen LogP contribution in [0, 0.1) is 6.92 Å². The molecule has 2 heterocycles. The van der Waals surface area contributed by atoms with Gasteiger partial charge in [0.05, 0.1) is 11.3 Å². The molecule has 0 fully saturated rings. The summed E-state index contributed by atoms with van der Waals surface area (Å²) in [5.41, 5.74) is 1.93. The van der Waals surface area contributed by atoms with E-state index in [0.29, 0.717) is 16.4 Å². The Morgan fingerprint density at radius 3 is 2.50 bits per heavy atom. The molecule has 0 radical (unpaired) electrons. The predicted molar refractivity (Wildman–Crippen MR) is 108 cm³/mol. The zero-order valence-corrected chi connectivity index (χ0v) is 16.3. The summed E-state index contributed by atoms with van der Waals surface area (Å²) >= 11 is 5.92. The van der Waals surface area contributed by atoms with Crippen LogP contribution in [-0.4, -0.2) is 20.5 Å². The van der Waals surface area contributed by atoms with Crippen molar-refractivity contribution in [2.75, 3.05) is 5.32 Å². The molecule has 0 aliphatic rings. The Hall–Kier alpha value is -3.39. The number of halogens is 4. The summed E-state index contributed by atoms with van der Waals surface area (Å²) in [4.78, 5) is 17.1. The van der Waals surface area contributed by atoms with E-state index in [1.54, 1.807) is 12.1 Å². The number of alkyl halides is 3. The molecule has 4 aromatic rings. The SMILES string of the molecule is Cc1cc(-c2ccc(Cl)cc2)nc2cc(C(=O)Nc3cccc(C(F)(F)F)c3)nn12. The van der Waals surface area contributed by atoms with E-state index in [4.69, 9.17) is 11.6 Å². The van der Waals surface area contributed by atoms with Crippen LogP contribution in [0.5, 0.6) is 0 Å². The lowest BCUT2D eigenvalue weighted by Gasteiger charge is -2.09. The molecule has 4 rings (SSSR count). The Morgan fingerprint density at radius 1 is 1.07 bits per heavy atom. The first-order chi connectivity index (χ1) is 14.2. The van der Waals surface area contributed by atoms with Gasteiger partial charge in [-0.15, -0.1) is 0 Å². The quantitative estimate of drug-likeness (QED) is 0.458. The number of nitrogens with one attached hydrogen (secondary N) is 1. The van der Waals surface area contributed by atoms with Crippen LogP contribution in [0.25, 0.3) is 16.9 Å². The molecule has 30 heavy (non-hydrogen) atoms. The molecule has 0 saturated carbocycles. The normalized spacial score (nSPS) is 11.6. The highest BCUT2D eigenvalue weighted by Gasteiger charge is 2.30. The third-order valence-electron chi connectivity index (χ3n) is 4.43. The summed E-state index contributed by atoms with van der Waals surface area (Å²) in [6.07, 6.45) is -4.50. The summed E-state index contributed by atoms with van der Waals surface area (Å²) in [6, 6.07) is 14.9. The molecule has 0 aliphatic carbocycles. The Kier molecular flexibility index (Phi) is 4.95. The average Bonchev–Trinajstić information content (AvgIpc) is 3.13. The monoisotopic (exact) mass is 430 g/mol. The van der Waals surface area contributed by atoms with E-state index in [1.807, 2.05) is 25.1 Å². The van der Waals surface area contributed by atoms with Crippen LogP contribution >= 0.6 is 11.6 Å². The fourth-order valence-corrected chi connectivity index (χ4v) is 3.10. The molecule has 0 unspecified atom stereocenters. The number of rotatable bonds is 3. The largest absolute Gasteiger partial charge is 0.416 e. The molecule has 1 amide bonds. The molecule has 152 valence electrons. The average molecular weight is 431 g/mol. The van der Waals surface area contributed by atoms with E-state index < -0.39 is 17.6 Å². The van der Waals surface area contributed by atoms with Gasteiger partial charge in [0.25, 0.3) is 5.91 Å². The number of carbonyl (C=O) groups is 1. The van der Waals surface area contributed by atoms with Crippen LogP contribution in [0.4, 0.5) is 18.9 Å². The van der Waals surface area contributed by atoms with Crippen molar-refractivity contribution in [3.05, 3.63) is 82.6 Å². The van der Waals surface area contributed by atoms with Gasteiger partial charge in [-0.2, -0.15) is 18.3 Å². The summed E-state index contributed by atoms with van der Waals surface area (Å²) in [5.74, 6) is -0.632. The Bertz CT molecular complexity index is 1250. The van der Waals surface area contributed by atoms with E-state index >= 15 is 0 Å². The van der Waals surface area contributed by atoms with Gasteiger partial charge in [0.2, 0.25) is 0 Å². The molecular weight excluding hydrogens is 417 g/mol. The van der Waals surface area contributed by atoms with Crippen LogP contribution < -0.4 is 5.32 Å². The topological polar surface area (TPSA) is 59.3 Å². The highest BCUT2D eigenvalue weighted by Crippen LogP contribution is 2.30. The maximum absolute atomic E-state index is 12.9. The van der Waals surface area contributed by atoms with E-state index in [0.717, 1.165) is 23.4 Å². The third kappa shape index (κ3) is 3.99. The highest BCUT2D eigenvalue weighted by atomic mass is 35.5. The lowest BCUT2D eigenvalue weighted by molar-refractivity contribution is -0.137. The van der Waals surface area contributed by atoms with E-state index in [1.165, 1.54) is 22.7 Å². The Morgan fingerprint density at radius 2 is 1.80 bits per heavy atom. The zero-order chi connectivity index (χ0) is 21.5. The first kappa shape index (κ1) is 19.9. The molecule has 2 aromatic heterocycles. The molecule has 0 atom stereocenters. The van der Waals surface area contributed by atoms with Gasteiger partial charge < -0.3 is 5.32 Å². The maximum atomic E-state index is 12.9. The lowest BCUT2D eigenvalue weighted by Crippen LogP contribution is -2.14. The van der Waals surface area contributed by atoms with Gasteiger partial charge in [-0.1, -0.05) is 29.8 Å². The number of hydrogen-bond acceptors (Lipinski definition) is 3. The number of amides is 1. The minimum Gasteiger partial charge on any atom is -0.321 e. The van der Waals surface area contributed by atoms with Crippen LogP contribution in [0.3, 0.4) is 0 Å². The van der Waals surface area contributed by atoms with Gasteiger partial charge in [0.1, 0.15) is 0 Å². The van der Waals surface area contributed by atoms with Crippen molar-refractivity contribution < 1.29 is 18.0 Å². The second-order valence-electron chi connectivity index (χ2n) is 6.62. The predicted octanol–water partition coefficient (Wildman–Crippen LogP) is 5.63. The smallest absolute Gasteiger partial charge is 0.321 e.